The normalized spacial score (nSPS) is 18.4. The molecule has 1 saturated heterocycles. The number of nitrogens with two attached hydrogens (primary N) is 1. The van der Waals surface area contributed by atoms with Gasteiger partial charge in [-0.1, -0.05) is 11.6 Å². The van der Waals surface area contributed by atoms with Gasteiger partial charge in [-0.2, -0.15) is 0 Å². The lowest BCUT2D eigenvalue weighted by Crippen LogP contribution is -2.36. The molecule has 0 unspecified atom stereocenters. The molecule has 0 bridgehead atoms. The van der Waals surface area contributed by atoms with E-state index in [4.69, 9.17) is 17.3 Å². The quantitative estimate of drug-likeness (QED) is 0.709. The Morgan fingerprint density at radius 2 is 1.87 bits per heavy atom. The Morgan fingerprint density at radius 1 is 1.17 bits per heavy atom. The second-order valence-corrected chi connectivity index (χ2v) is 10.1. The molecule has 2 aromatic rings. The highest BCUT2D eigenvalue weighted by Gasteiger charge is 2.34. The lowest BCUT2D eigenvalue weighted by atomic mass is 9.93. The minimum Gasteiger partial charge on any atom is -0.370 e. The van der Waals surface area contributed by atoms with Crippen LogP contribution in [0.1, 0.15) is 30.5 Å². The Balaban J connectivity index is 1.74. The van der Waals surface area contributed by atoms with Crippen molar-refractivity contribution >= 4 is 33.2 Å². The topological polar surface area (TPSA) is 106 Å². The first-order valence-electron chi connectivity index (χ1n) is 9.41. The molecule has 0 spiro atoms. The number of amides is 1. The Hall–Kier alpha value is -2.33. The zero-order valence-electron chi connectivity index (χ0n) is 15.9. The minimum atomic E-state index is -3.40. The van der Waals surface area contributed by atoms with Crippen molar-refractivity contribution in [1.82, 2.24) is 9.97 Å². The summed E-state index contributed by atoms with van der Waals surface area (Å²) in [5.41, 5.74) is 5.88. The second kappa shape index (κ2) is 7.73. The van der Waals surface area contributed by atoms with Gasteiger partial charge in [0.05, 0.1) is 27.8 Å². The van der Waals surface area contributed by atoms with Crippen molar-refractivity contribution < 1.29 is 22.0 Å². The van der Waals surface area contributed by atoms with Crippen LogP contribution >= 0.6 is 11.6 Å². The van der Waals surface area contributed by atoms with Crippen molar-refractivity contribution in [1.29, 1.82) is 0 Å². The van der Waals surface area contributed by atoms with Crippen molar-refractivity contribution in [3.05, 3.63) is 40.0 Å². The van der Waals surface area contributed by atoms with E-state index < -0.39 is 21.5 Å². The lowest BCUT2D eigenvalue weighted by molar-refractivity contribution is -0.119. The molecular weight excluding hydrogens is 438 g/mol. The number of benzene rings is 1. The Kier molecular flexibility index (Phi) is 5.39. The highest BCUT2D eigenvalue weighted by molar-refractivity contribution is 7.90. The Bertz CT molecular complexity index is 1140. The number of aromatic nitrogens is 2. The van der Waals surface area contributed by atoms with Gasteiger partial charge in [-0.3, -0.25) is 4.79 Å². The molecule has 1 aromatic carbocycles. The van der Waals surface area contributed by atoms with Crippen molar-refractivity contribution in [3.8, 4) is 11.4 Å². The first kappa shape index (κ1) is 20.9. The number of rotatable bonds is 4. The summed E-state index contributed by atoms with van der Waals surface area (Å²) in [6, 6.07) is 1.75. The smallest absolute Gasteiger partial charge is 0.217 e. The Morgan fingerprint density at radius 3 is 2.53 bits per heavy atom. The summed E-state index contributed by atoms with van der Waals surface area (Å²) in [4.78, 5) is 21.7. The maximum absolute atomic E-state index is 14.5. The predicted molar refractivity (Wildman–Crippen MR) is 107 cm³/mol. The second-order valence-electron chi connectivity index (χ2n) is 7.68. The number of piperidine rings is 1. The zero-order chi connectivity index (χ0) is 21.6. The van der Waals surface area contributed by atoms with E-state index in [0.717, 1.165) is 12.1 Å². The van der Waals surface area contributed by atoms with E-state index in [1.807, 2.05) is 4.90 Å². The summed E-state index contributed by atoms with van der Waals surface area (Å²) in [6.45, 7) is 1.08. The number of sulfone groups is 1. The van der Waals surface area contributed by atoms with E-state index in [1.54, 1.807) is 0 Å². The van der Waals surface area contributed by atoms with Crippen LogP contribution in [-0.4, -0.2) is 37.4 Å². The van der Waals surface area contributed by atoms with Gasteiger partial charge in [-0.25, -0.2) is 27.2 Å². The van der Waals surface area contributed by atoms with Gasteiger partial charge in [-0.05, 0) is 30.9 Å². The monoisotopic (exact) mass is 456 g/mol. The van der Waals surface area contributed by atoms with Crippen LogP contribution in [0.25, 0.3) is 11.4 Å². The summed E-state index contributed by atoms with van der Waals surface area (Å²) in [6.07, 6.45) is 1.67. The van der Waals surface area contributed by atoms with E-state index in [9.17, 15) is 22.0 Å². The third-order valence-corrected chi connectivity index (χ3v) is 7.18. The van der Waals surface area contributed by atoms with Crippen LogP contribution in [0.3, 0.4) is 0 Å². The molecule has 30 heavy (non-hydrogen) atoms. The van der Waals surface area contributed by atoms with Gasteiger partial charge in [0, 0.05) is 25.1 Å². The van der Waals surface area contributed by atoms with E-state index in [0.29, 0.717) is 49.4 Å². The predicted octanol–water partition coefficient (Wildman–Crippen LogP) is 2.60. The molecule has 160 valence electrons. The maximum atomic E-state index is 14.5. The molecule has 2 aliphatic heterocycles. The molecule has 0 saturated carbocycles. The summed E-state index contributed by atoms with van der Waals surface area (Å²) in [7, 11) is -3.40. The van der Waals surface area contributed by atoms with Gasteiger partial charge in [0.2, 0.25) is 5.91 Å². The van der Waals surface area contributed by atoms with Crippen LogP contribution in [0, 0.1) is 17.6 Å². The minimum absolute atomic E-state index is 0.0897. The number of carbonyl (C=O) groups is 1. The summed E-state index contributed by atoms with van der Waals surface area (Å²) >= 11 is 5.63. The highest BCUT2D eigenvalue weighted by atomic mass is 35.5. The van der Waals surface area contributed by atoms with E-state index in [1.165, 1.54) is 0 Å². The molecule has 3 heterocycles. The van der Waals surface area contributed by atoms with Gasteiger partial charge in [0.25, 0.3) is 0 Å². The molecule has 11 heteroatoms. The SMILES string of the molecule is NC(=O)CC1CCN(c2nc(-c3cc(F)c(Cl)cc3F)nc3c2CS(=O)(=O)C3)CC1. The van der Waals surface area contributed by atoms with Crippen LogP contribution in [0.2, 0.25) is 5.02 Å². The summed E-state index contributed by atoms with van der Waals surface area (Å²) in [5, 5.41) is -0.364. The maximum Gasteiger partial charge on any atom is 0.217 e. The van der Waals surface area contributed by atoms with Gasteiger partial charge in [0.15, 0.2) is 15.7 Å². The highest BCUT2D eigenvalue weighted by Crippen LogP contribution is 2.36. The summed E-state index contributed by atoms with van der Waals surface area (Å²) < 4.78 is 52.8. The van der Waals surface area contributed by atoms with Gasteiger partial charge < -0.3 is 10.6 Å². The fourth-order valence-corrected chi connectivity index (χ4v) is 5.62. The van der Waals surface area contributed by atoms with Crippen molar-refractivity contribution in [3.63, 3.8) is 0 Å². The van der Waals surface area contributed by atoms with Gasteiger partial charge >= 0.3 is 0 Å². The first-order valence-corrected chi connectivity index (χ1v) is 11.6. The van der Waals surface area contributed by atoms with Crippen molar-refractivity contribution in [2.45, 2.75) is 30.8 Å². The number of anilines is 1. The fraction of sp³-hybridized carbons (Fsp3) is 0.421. The molecule has 1 aromatic heterocycles. The van der Waals surface area contributed by atoms with Crippen LogP contribution in [-0.2, 0) is 26.1 Å². The van der Waals surface area contributed by atoms with E-state index in [-0.39, 0.29) is 39.7 Å². The first-order chi connectivity index (χ1) is 14.1. The van der Waals surface area contributed by atoms with Gasteiger partial charge in [-0.15, -0.1) is 0 Å². The van der Waals surface area contributed by atoms with E-state index >= 15 is 0 Å². The number of nitrogens with zero attached hydrogens (tertiary/aromatic N) is 3. The number of hydrogen-bond acceptors (Lipinski definition) is 6. The standard InChI is InChI=1S/C19H19ClF2N4O3S/c20-13-7-14(21)11(6-15(13)22)18-24-16-9-30(28,29)8-12(16)19(25-18)26-3-1-10(2-4-26)5-17(23)27/h6-7,10H,1-5,8-9H2,(H2,23,27). The fourth-order valence-electron chi connectivity index (χ4n) is 3.97. The average Bonchev–Trinajstić information content (AvgIpc) is 2.98. The van der Waals surface area contributed by atoms with E-state index in [2.05, 4.69) is 9.97 Å². The number of primary amides is 1. The number of carbonyl (C=O) groups excluding carboxylic acids is 1. The van der Waals surface area contributed by atoms with Crippen molar-refractivity contribution in [2.75, 3.05) is 18.0 Å². The number of fused-ring (bicyclic) bond motifs is 1. The third kappa shape index (κ3) is 4.11. The molecule has 2 N–H and O–H groups in total. The van der Waals surface area contributed by atoms with Crippen LogP contribution in [0.4, 0.5) is 14.6 Å². The van der Waals surface area contributed by atoms with Crippen molar-refractivity contribution in [2.24, 2.45) is 11.7 Å². The number of hydrogen-bond donors (Lipinski definition) is 1. The molecular formula is C19H19ClF2N4O3S. The molecule has 4 rings (SSSR count). The molecule has 1 amide bonds. The largest absolute Gasteiger partial charge is 0.370 e. The summed E-state index contributed by atoms with van der Waals surface area (Å²) in [5.74, 6) is -1.98. The molecule has 0 radical (unpaired) electrons. The van der Waals surface area contributed by atoms with Crippen LogP contribution in [0.15, 0.2) is 12.1 Å². The third-order valence-electron chi connectivity index (χ3n) is 5.45. The lowest BCUT2D eigenvalue weighted by Gasteiger charge is -2.33. The number of halogens is 3. The molecule has 0 aliphatic carbocycles. The van der Waals surface area contributed by atoms with Gasteiger partial charge in [0.1, 0.15) is 17.5 Å². The zero-order valence-corrected chi connectivity index (χ0v) is 17.4. The Labute approximate surface area is 177 Å². The molecule has 1 fully saturated rings. The van der Waals surface area contributed by atoms with Crippen LogP contribution < -0.4 is 10.6 Å². The van der Waals surface area contributed by atoms with Crippen LogP contribution in [0.5, 0.6) is 0 Å². The average molecular weight is 457 g/mol. The molecule has 0 atom stereocenters. The molecule has 7 nitrogen and oxygen atoms in total. The molecule has 2 aliphatic rings.